The predicted octanol–water partition coefficient (Wildman–Crippen LogP) is 2.03. The first-order chi connectivity index (χ1) is 5.70. The van der Waals surface area contributed by atoms with Gasteiger partial charge in [0.2, 0.25) is 0 Å². The average molecular weight is 170 g/mol. The quantitative estimate of drug-likeness (QED) is 0.570. The molecule has 1 aliphatic carbocycles. The molecule has 0 atom stereocenters. The Morgan fingerprint density at radius 1 is 1.50 bits per heavy atom. The molecule has 0 aromatic rings. The molecule has 0 aromatic heterocycles. The molecule has 0 aromatic carbocycles. The van der Waals surface area contributed by atoms with Gasteiger partial charge in [0.15, 0.2) is 5.78 Å². The zero-order valence-corrected chi connectivity index (χ0v) is 8.01. The highest BCUT2D eigenvalue weighted by Crippen LogP contribution is 2.29. The Hall–Kier alpha value is -0.370. The minimum Gasteiger partial charge on any atom is -0.374 e. The molecule has 2 heteroatoms. The maximum atomic E-state index is 11.1. The fourth-order valence-electron chi connectivity index (χ4n) is 1.01. The first-order valence-electron chi connectivity index (χ1n) is 4.80. The predicted molar refractivity (Wildman–Crippen MR) is 48.0 cm³/mol. The van der Waals surface area contributed by atoms with Crippen molar-refractivity contribution in [2.75, 3.05) is 13.2 Å². The van der Waals surface area contributed by atoms with Gasteiger partial charge in [-0.3, -0.25) is 4.79 Å². The highest BCUT2D eigenvalue weighted by Gasteiger charge is 2.28. The third-order valence-electron chi connectivity index (χ3n) is 2.12. The van der Waals surface area contributed by atoms with E-state index >= 15 is 0 Å². The third kappa shape index (κ3) is 3.86. The summed E-state index contributed by atoms with van der Waals surface area (Å²) in [6, 6.07) is 0. The van der Waals surface area contributed by atoms with Crippen LogP contribution in [0.15, 0.2) is 0 Å². The van der Waals surface area contributed by atoms with Crippen LogP contribution >= 0.6 is 0 Å². The summed E-state index contributed by atoms with van der Waals surface area (Å²) in [5, 5.41) is 0. The Bertz CT molecular complexity index is 148. The molecule has 70 valence electrons. The summed E-state index contributed by atoms with van der Waals surface area (Å²) < 4.78 is 5.26. The Kier molecular flexibility index (Phi) is 3.73. The van der Waals surface area contributed by atoms with E-state index in [9.17, 15) is 4.79 Å². The number of carbonyl (C=O) groups is 1. The van der Waals surface area contributed by atoms with Gasteiger partial charge in [-0.05, 0) is 25.2 Å². The van der Waals surface area contributed by atoms with Gasteiger partial charge in [-0.2, -0.15) is 0 Å². The number of ketones is 1. The van der Waals surface area contributed by atoms with Gasteiger partial charge in [-0.15, -0.1) is 0 Å². The highest BCUT2D eigenvalue weighted by atomic mass is 16.5. The van der Waals surface area contributed by atoms with Crippen LogP contribution in [0.3, 0.4) is 0 Å². The van der Waals surface area contributed by atoms with Crippen molar-refractivity contribution in [1.29, 1.82) is 0 Å². The summed E-state index contributed by atoms with van der Waals surface area (Å²) in [4.78, 5) is 11.1. The number of hydrogen-bond acceptors (Lipinski definition) is 2. The van der Waals surface area contributed by atoms with E-state index in [1.165, 1.54) is 0 Å². The second-order valence-electron chi connectivity index (χ2n) is 3.98. The molecule has 0 bridgehead atoms. The molecule has 0 heterocycles. The number of carbonyl (C=O) groups excluding carboxylic acids is 1. The van der Waals surface area contributed by atoms with Gasteiger partial charge >= 0.3 is 0 Å². The molecule has 1 saturated carbocycles. The SMILES string of the molecule is CC(C)CCOCC(=O)C1CC1. The topological polar surface area (TPSA) is 26.3 Å². The summed E-state index contributed by atoms with van der Waals surface area (Å²) in [5.41, 5.74) is 0. The van der Waals surface area contributed by atoms with E-state index in [1.54, 1.807) is 0 Å². The Morgan fingerprint density at radius 2 is 2.17 bits per heavy atom. The molecular formula is C10H18O2. The zero-order valence-electron chi connectivity index (χ0n) is 8.01. The molecule has 1 rings (SSSR count). The van der Waals surface area contributed by atoms with Gasteiger partial charge in [-0.1, -0.05) is 13.8 Å². The fourth-order valence-corrected chi connectivity index (χ4v) is 1.01. The van der Waals surface area contributed by atoms with E-state index in [4.69, 9.17) is 4.74 Å². The molecule has 0 amide bonds. The number of ether oxygens (including phenoxy) is 1. The second-order valence-corrected chi connectivity index (χ2v) is 3.98. The van der Waals surface area contributed by atoms with E-state index in [0.29, 0.717) is 24.2 Å². The van der Waals surface area contributed by atoms with Crippen molar-refractivity contribution >= 4 is 5.78 Å². The summed E-state index contributed by atoms with van der Waals surface area (Å²) in [7, 11) is 0. The van der Waals surface area contributed by atoms with E-state index in [0.717, 1.165) is 25.9 Å². The lowest BCUT2D eigenvalue weighted by Crippen LogP contribution is -2.11. The molecule has 12 heavy (non-hydrogen) atoms. The van der Waals surface area contributed by atoms with Gasteiger partial charge < -0.3 is 4.74 Å². The smallest absolute Gasteiger partial charge is 0.161 e. The Balaban J connectivity index is 1.91. The first-order valence-corrected chi connectivity index (χ1v) is 4.80. The van der Waals surface area contributed by atoms with Gasteiger partial charge in [-0.25, -0.2) is 0 Å². The van der Waals surface area contributed by atoms with E-state index in [-0.39, 0.29) is 0 Å². The molecule has 1 fully saturated rings. The Labute approximate surface area is 74.3 Å². The van der Waals surface area contributed by atoms with Crippen LogP contribution < -0.4 is 0 Å². The van der Waals surface area contributed by atoms with Crippen LogP contribution in [0.5, 0.6) is 0 Å². The molecule has 0 unspecified atom stereocenters. The standard InChI is InChI=1S/C10H18O2/c1-8(2)5-6-12-7-10(11)9-3-4-9/h8-9H,3-7H2,1-2H3. The molecule has 0 saturated heterocycles. The monoisotopic (exact) mass is 170 g/mol. The molecule has 0 spiro atoms. The maximum absolute atomic E-state index is 11.1. The van der Waals surface area contributed by atoms with Gasteiger partial charge in [0.05, 0.1) is 0 Å². The number of hydrogen-bond donors (Lipinski definition) is 0. The van der Waals surface area contributed by atoms with Gasteiger partial charge in [0.25, 0.3) is 0 Å². The molecule has 2 nitrogen and oxygen atoms in total. The van der Waals surface area contributed by atoms with Crippen molar-refractivity contribution in [2.45, 2.75) is 33.1 Å². The molecule has 0 radical (unpaired) electrons. The maximum Gasteiger partial charge on any atom is 0.161 e. The van der Waals surface area contributed by atoms with E-state index in [2.05, 4.69) is 13.8 Å². The largest absolute Gasteiger partial charge is 0.374 e. The molecule has 0 aliphatic heterocycles. The second kappa shape index (κ2) is 4.61. The lowest BCUT2D eigenvalue weighted by atomic mass is 10.1. The van der Waals surface area contributed by atoms with E-state index < -0.39 is 0 Å². The van der Waals surface area contributed by atoms with Crippen LogP contribution in [0.1, 0.15) is 33.1 Å². The van der Waals surface area contributed by atoms with Crippen LogP contribution in [-0.4, -0.2) is 19.0 Å². The van der Waals surface area contributed by atoms with Crippen LogP contribution in [0, 0.1) is 11.8 Å². The first kappa shape index (κ1) is 9.72. The van der Waals surface area contributed by atoms with Crippen LogP contribution in [0.2, 0.25) is 0 Å². The summed E-state index contributed by atoms with van der Waals surface area (Å²) in [6.45, 7) is 5.39. The molecule has 0 N–H and O–H groups in total. The Morgan fingerprint density at radius 3 is 2.67 bits per heavy atom. The van der Waals surface area contributed by atoms with Crippen molar-refractivity contribution < 1.29 is 9.53 Å². The molecule has 1 aliphatic rings. The van der Waals surface area contributed by atoms with Crippen LogP contribution in [-0.2, 0) is 9.53 Å². The fraction of sp³-hybridized carbons (Fsp3) is 0.900. The van der Waals surface area contributed by atoms with Gasteiger partial charge in [0.1, 0.15) is 6.61 Å². The lowest BCUT2D eigenvalue weighted by Gasteiger charge is -2.04. The van der Waals surface area contributed by atoms with Crippen molar-refractivity contribution in [3.63, 3.8) is 0 Å². The van der Waals surface area contributed by atoms with Crippen molar-refractivity contribution in [1.82, 2.24) is 0 Å². The third-order valence-corrected chi connectivity index (χ3v) is 2.12. The molecular weight excluding hydrogens is 152 g/mol. The summed E-state index contributed by atoms with van der Waals surface area (Å²) in [6.07, 6.45) is 3.23. The van der Waals surface area contributed by atoms with E-state index in [1.807, 2.05) is 0 Å². The van der Waals surface area contributed by atoms with Crippen molar-refractivity contribution in [3.05, 3.63) is 0 Å². The average Bonchev–Trinajstić information content (AvgIpc) is 2.79. The minimum atomic E-state index is 0.304. The van der Waals surface area contributed by atoms with Crippen molar-refractivity contribution in [3.8, 4) is 0 Å². The van der Waals surface area contributed by atoms with Gasteiger partial charge in [0, 0.05) is 12.5 Å². The summed E-state index contributed by atoms with van der Waals surface area (Å²) >= 11 is 0. The zero-order chi connectivity index (χ0) is 8.97. The van der Waals surface area contributed by atoms with Crippen LogP contribution in [0.25, 0.3) is 0 Å². The minimum absolute atomic E-state index is 0.304. The normalized spacial score (nSPS) is 16.9. The summed E-state index contributed by atoms with van der Waals surface area (Å²) in [5.74, 6) is 1.32. The van der Waals surface area contributed by atoms with Crippen molar-refractivity contribution in [2.24, 2.45) is 11.8 Å². The highest BCUT2D eigenvalue weighted by molar-refractivity contribution is 5.84. The number of rotatable bonds is 6. The lowest BCUT2D eigenvalue weighted by molar-refractivity contribution is -0.124. The van der Waals surface area contributed by atoms with Crippen LogP contribution in [0.4, 0.5) is 0 Å². The number of Topliss-reactive ketones (excluding diaryl/α,β-unsaturated/α-hetero) is 1.